The quantitative estimate of drug-likeness (QED) is 0.374. The summed E-state index contributed by atoms with van der Waals surface area (Å²) < 4.78 is 39.0. The number of anilines is 1. The third-order valence-electron chi connectivity index (χ3n) is 6.43. The lowest BCUT2D eigenvalue weighted by Gasteiger charge is -2.24. The maximum atomic E-state index is 13.7. The molecule has 1 saturated heterocycles. The molecule has 3 aromatic rings. The van der Waals surface area contributed by atoms with Crippen molar-refractivity contribution in [3.8, 4) is 11.5 Å². The summed E-state index contributed by atoms with van der Waals surface area (Å²) in [6, 6.07) is 18.7. The van der Waals surface area contributed by atoms with Gasteiger partial charge >= 0.3 is 0 Å². The summed E-state index contributed by atoms with van der Waals surface area (Å²) >= 11 is 6.03. The van der Waals surface area contributed by atoms with Gasteiger partial charge in [0.25, 0.3) is 10.0 Å². The van der Waals surface area contributed by atoms with Crippen molar-refractivity contribution in [2.45, 2.75) is 30.8 Å². The number of methoxy groups -OCH3 is 2. The molecule has 202 valence electrons. The van der Waals surface area contributed by atoms with Crippen LogP contribution in [0.15, 0.2) is 71.6 Å². The molecule has 1 N–H and O–H groups in total. The van der Waals surface area contributed by atoms with E-state index in [0.29, 0.717) is 16.5 Å². The van der Waals surface area contributed by atoms with Gasteiger partial charge < -0.3 is 14.8 Å². The van der Waals surface area contributed by atoms with Gasteiger partial charge in [-0.25, -0.2) is 8.42 Å². The highest BCUT2D eigenvalue weighted by atomic mass is 35.5. The molecule has 0 atom stereocenters. The van der Waals surface area contributed by atoms with E-state index in [2.05, 4.69) is 22.3 Å². The summed E-state index contributed by atoms with van der Waals surface area (Å²) in [5, 5.41) is 3.32. The Bertz CT molecular complexity index is 1360. The molecule has 1 aliphatic rings. The van der Waals surface area contributed by atoms with Gasteiger partial charge in [0.1, 0.15) is 6.54 Å². The number of sulfonamides is 1. The van der Waals surface area contributed by atoms with Crippen molar-refractivity contribution in [2.75, 3.05) is 38.2 Å². The molecule has 8 nitrogen and oxygen atoms in total. The first-order valence-electron chi connectivity index (χ1n) is 12.4. The summed E-state index contributed by atoms with van der Waals surface area (Å²) in [4.78, 5) is 15.4. The van der Waals surface area contributed by atoms with Crippen molar-refractivity contribution in [3.63, 3.8) is 0 Å². The lowest BCUT2D eigenvalue weighted by atomic mass is 10.1. The Labute approximate surface area is 229 Å². The van der Waals surface area contributed by atoms with Gasteiger partial charge in [-0.2, -0.15) is 0 Å². The number of carbonyl (C=O) groups is 1. The van der Waals surface area contributed by atoms with Crippen molar-refractivity contribution in [1.29, 1.82) is 0 Å². The zero-order chi connectivity index (χ0) is 27.1. The summed E-state index contributed by atoms with van der Waals surface area (Å²) in [5.41, 5.74) is 2.46. The average molecular weight is 558 g/mol. The summed E-state index contributed by atoms with van der Waals surface area (Å²) in [6.07, 6.45) is 2.46. The lowest BCUT2D eigenvalue weighted by molar-refractivity contribution is -0.119. The predicted molar refractivity (Wildman–Crippen MR) is 148 cm³/mol. The minimum absolute atomic E-state index is 0.0347. The normalized spacial score (nSPS) is 13.8. The van der Waals surface area contributed by atoms with E-state index in [4.69, 9.17) is 21.1 Å². The van der Waals surface area contributed by atoms with Gasteiger partial charge in [-0.3, -0.25) is 14.0 Å². The molecule has 3 aromatic carbocycles. The van der Waals surface area contributed by atoms with Crippen molar-refractivity contribution in [2.24, 2.45) is 0 Å². The number of hydrogen-bond donors (Lipinski definition) is 1. The van der Waals surface area contributed by atoms with Crippen molar-refractivity contribution in [1.82, 2.24) is 10.2 Å². The SMILES string of the molecule is COc1ccc(S(=O)(=O)N(CC(=O)NCc2cccc(CN3CCCC3)c2)c2ccc(Cl)cc2)cc1OC. The van der Waals surface area contributed by atoms with Crippen LogP contribution in [0.25, 0.3) is 0 Å². The summed E-state index contributed by atoms with van der Waals surface area (Å²) in [5.74, 6) is 0.228. The Morgan fingerprint density at radius 2 is 1.63 bits per heavy atom. The van der Waals surface area contributed by atoms with Crippen LogP contribution in [0.3, 0.4) is 0 Å². The second-order valence-electron chi connectivity index (χ2n) is 9.08. The topological polar surface area (TPSA) is 88.2 Å². The van der Waals surface area contributed by atoms with Crippen molar-refractivity contribution < 1.29 is 22.7 Å². The standard InChI is InChI=1S/C28H32ClN3O5S/c1-36-26-13-12-25(17-27(26)37-2)38(34,35)32(24-10-8-23(29)9-11-24)20-28(33)30-18-21-6-5-7-22(16-21)19-31-14-3-4-15-31/h5-13,16-17H,3-4,14-15,18-20H2,1-2H3,(H,30,33). The third-order valence-corrected chi connectivity index (χ3v) is 8.45. The molecule has 38 heavy (non-hydrogen) atoms. The molecular formula is C28H32ClN3O5S. The Morgan fingerprint density at radius 3 is 2.32 bits per heavy atom. The van der Waals surface area contributed by atoms with E-state index in [0.717, 1.165) is 29.5 Å². The molecule has 0 spiro atoms. The zero-order valence-electron chi connectivity index (χ0n) is 21.5. The molecule has 1 aliphatic heterocycles. The number of halogens is 1. The maximum absolute atomic E-state index is 13.7. The lowest BCUT2D eigenvalue weighted by Crippen LogP contribution is -2.40. The predicted octanol–water partition coefficient (Wildman–Crippen LogP) is 4.46. The number of benzene rings is 3. The smallest absolute Gasteiger partial charge is 0.264 e. The number of amides is 1. The Hall–Kier alpha value is -3.27. The Morgan fingerprint density at radius 1 is 0.947 bits per heavy atom. The fourth-order valence-electron chi connectivity index (χ4n) is 4.45. The van der Waals surface area contributed by atoms with Crippen LogP contribution >= 0.6 is 11.6 Å². The van der Waals surface area contributed by atoms with E-state index in [-0.39, 0.29) is 17.2 Å². The van der Waals surface area contributed by atoms with Gasteiger partial charge in [0.2, 0.25) is 5.91 Å². The van der Waals surface area contributed by atoms with Crippen LogP contribution in [-0.4, -0.2) is 53.1 Å². The fourth-order valence-corrected chi connectivity index (χ4v) is 6.01. The van der Waals surface area contributed by atoms with E-state index in [1.165, 1.54) is 50.8 Å². The van der Waals surface area contributed by atoms with Crippen LogP contribution < -0.4 is 19.1 Å². The molecule has 1 amide bonds. The molecule has 0 bridgehead atoms. The Kier molecular flexibility index (Phi) is 9.14. The average Bonchev–Trinajstić information content (AvgIpc) is 3.44. The number of carbonyl (C=O) groups excluding carboxylic acids is 1. The highest BCUT2D eigenvalue weighted by Crippen LogP contribution is 2.32. The van der Waals surface area contributed by atoms with Crippen LogP contribution in [-0.2, 0) is 27.9 Å². The van der Waals surface area contributed by atoms with Gasteiger partial charge in [0, 0.05) is 24.2 Å². The monoisotopic (exact) mass is 557 g/mol. The van der Waals surface area contributed by atoms with Crippen LogP contribution in [0.1, 0.15) is 24.0 Å². The van der Waals surface area contributed by atoms with E-state index in [9.17, 15) is 13.2 Å². The van der Waals surface area contributed by atoms with Crippen molar-refractivity contribution in [3.05, 3.63) is 82.9 Å². The molecule has 4 rings (SSSR count). The second-order valence-corrected chi connectivity index (χ2v) is 11.4. The highest BCUT2D eigenvalue weighted by molar-refractivity contribution is 7.92. The molecular weight excluding hydrogens is 526 g/mol. The first-order valence-corrected chi connectivity index (χ1v) is 14.2. The molecule has 10 heteroatoms. The molecule has 1 fully saturated rings. The number of nitrogens with one attached hydrogen (secondary N) is 1. The van der Waals surface area contributed by atoms with E-state index >= 15 is 0 Å². The molecule has 0 saturated carbocycles. The van der Waals surface area contributed by atoms with Crippen LogP contribution in [0.5, 0.6) is 11.5 Å². The van der Waals surface area contributed by atoms with Crippen molar-refractivity contribution >= 4 is 33.2 Å². The van der Waals surface area contributed by atoms with Gasteiger partial charge in [0.15, 0.2) is 11.5 Å². The van der Waals surface area contributed by atoms with Gasteiger partial charge in [-0.05, 0) is 73.5 Å². The fraction of sp³-hybridized carbons (Fsp3) is 0.321. The van der Waals surface area contributed by atoms with Crippen LogP contribution in [0.2, 0.25) is 5.02 Å². The minimum atomic E-state index is -4.13. The number of nitrogens with zero attached hydrogens (tertiary/aromatic N) is 2. The molecule has 0 aliphatic carbocycles. The number of ether oxygens (including phenoxy) is 2. The number of rotatable bonds is 11. The molecule has 1 heterocycles. The second kappa shape index (κ2) is 12.5. The highest BCUT2D eigenvalue weighted by Gasteiger charge is 2.28. The van der Waals surface area contributed by atoms with Gasteiger partial charge in [-0.15, -0.1) is 0 Å². The third kappa shape index (κ3) is 6.78. The maximum Gasteiger partial charge on any atom is 0.264 e. The van der Waals surface area contributed by atoms with E-state index in [1.807, 2.05) is 12.1 Å². The molecule has 0 radical (unpaired) electrons. The van der Waals surface area contributed by atoms with E-state index < -0.39 is 22.5 Å². The summed E-state index contributed by atoms with van der Waals surface area (Å²) in [6.45, 7) is 2.98. The van der Waals surface area contributed by atoms with Gasteiger partial charge in [0.05, 0.1) is 24.8 Å². The zero-order valence-corrected chi connectivity index (χ0v) is 23.1. The first kappa shape index (κ1) is 27.8. The van der Waals surface area contributed by atoms with Crippen LogP contribution in [0.4, 0.5) is 5.69 Å². The minimum Gasteiger partial charge on any atom is -0.493 e. The molecule has 0 aromatic heterocycles. The molecule has 0 unspecified atom stereocenters. The first-order chi connectivity index (χ1) is 18.3. The largest absolute Gasteiger partial charge is 0.493 e. The van der Waals surface area contributed by atoms with E-state index in [1.54, 1.807) is 24.3 Å². The number of hydrogen-bond acceptors (Lipinski definition) is 6. The Balaban J connectivity index is 1.52. The van der Waals surface area contributed by atoms with Gasteiger partial charge in [-0.1, -0.05) is 35.9 Å². The van der Waals surface area contributed by atoms with Crippen LogP contribution in [0, 0.1) is 0 Å². The summed E-state index contributed by atoms with van der Waals surface area (Å²) in [7, 11) is -1.23. The number of likely N-dealkylation sites (tertiary alicyclic amines) is 1.